The van der Waals surface area contributed by atoms with E-state index >= 15 is 0 Å². The first-order valence-electron chi connectivity index (χ1n) is 8.37. The van der Waals surface area contributed by atoms with Crippen molar-refractivity contribution in [2.24, 2.45) is 0 Å². The molecule has 0 bridgehead atoms. The maximum atomic E-state index is 13.1. The van der Waals surface area contributed by atoms with Gasteiger partial charge in [0.15, 0.2) is 5.76 Å². The number of aromatic nitrogens is 1. The molecule has 3 heterocycles. The highest BCUT2D eigenvalue weighted by Gasteiger charge is 2.31. The minimum Gasteiger partial charge on any atom is -0.369 e. The fourth-order valence-electron chi connectivity index (χ4n) is 3.15. The molecule has 6 nitrogen and oxygen atoms in total. The van der Waals surface area contributed by atoms with Crippen LogP contribution in [0.3, 0.4) is 0 Å². The third kappa shape index (κ3) is 3.15. The van der Waals surface area contributed by atoms with Gasteiger partial charge in [0.05, 0.1) is 16.0 Å². The van der Waals surface area contributed by atoms with Crippen LogP contribution in [0.5, 0.6) is 0 Å². The van der Waals surface area contributed by atoms with Crippen molar-refractivity contribution in [1.29, 1.82) is 0 Å². The van der Waals surface area contributed by atoms with Crippen molar-refractivity contribution in [2.45, 2.75) is 11.8 Å². The summed E-state index contributed by atoms with van der Waals surface area (Å²) < 4.78 is 32.9. The normalized spacial score (nSPS) is 16.1. The summed E-state index contributed by atoms with van der Waals surface area (Å²) in [5.74, 6) is 0.591. The second-order valence-corrected chi connectivity index (χ2v) is 9.30. The van der Waals surface area contributed by atoms with Gasteiger partial charge in [-0.3, -0.25) is 0 Å². The van der Waals surface area contributed by atoms with Crippen LogP contribution in [0.25, 0.3) is 10.6 Å². The highest BCUT2D eigenvalue weighted by atomic mass is 32.2. The predicted molar refractivity (Wildman–Crippen MR) is 102 cm³/mol. The van der Waals surface area contributed by atoms with Crippen LogP contribution >= 0.6 is 11.3 Å². The van der Waals surface area contributed by atoms with Crippen LogP contribution in [0.1, 0.15) is 4.88 Å². The zero-order valence-electron chi connectivity index (χ0n) is 14.3. The molecule has 1 saturated heterocycles. The number of rotatable bonds is 4. The van der Waals surface area contributed by atoms with Crippen LogP contribution < -0.4 is 4.90 Å². The summed E-state index contributed by atoms with van der Waals surface area (Å²) in [6.07, 6.45) is 1.56. The first-order valence-corrected chi connectivity index (χ1v) is 10.6. The van der Waals surface area contributed by atoms with E-state index in [-0.39, 0.29) is 0 Å². The van der Waals surface area contributed by atoms with E-state index in [0.29, 0.717) is 36.8 Å². The number of sulfonamides is 1. The van der Waals surface area contributed by atoms with Crippen LogP contribution in [0, 0.1) is 6.92 Å². The lowest BCUT2D eigenvalue weighted by atomic mass is 10.2. The van der Waals surface area contributed by atoms with Crippen molar-refractivity contribution < 1.29 is 12.9 Å². The molecule has 4 rings (SSSR count). The Morgan fingerprint density at radius 2 is 1.81 bits per heavy atom. The lowest BCUT2D eigenvalue weighted by Crippen LogP contribution is -2.48. The lowest BCUT2D eigenvalue weighted by molar-refractivity contribution is 0.385. The molecule has 0 amide bonds. The zero-order chi connectivity index (χ0) is 18.1. The van der Waals surface area contributed by atoms with Crippen molar-refractivity contribution in [3.05, 3.63) is 53.5 Å². The minimum absolute atomic E-state index is 0.363. The standard InChI is InChI=1S/C18H19N3O3S2/c1-14-18(13-17(25-14)16-7-8-19-24-16)26(22,23)21-11-9-20(10-12-21)15-5-3-2-4-6-15/h2-8,13H,9-12H2,1H3. The van der Waals surface area contributed by atoms with Gasteiger partial charge >= 0.3 is 0 Å². The van der Waals surface area contributed by atoms with Gasteiger partial charge in [0.2, 0.25) is 10.0 Å². The number of anilines is 1. The van der Waals surface area contributed by atoms with Crippen molar-refractivity contribution in [1.82, 2.24) is 9.46 Å². The predicted octanol–water partition coefficient (Wildman–Crippen LogP) is 3.22. The van der Waals surface area contributed by atoms with Crippen LogP contribution in [-0.2, 0) is 10.0 Å². The van der Waals surface area contributed by atoms with E-state index in [0.717, 1.165) is 15.4 Å². The minimum atomic E-state index is -3.51. The summed E-state index contributed by atoms with van der Waals surface area (Å²) in [7, 11) is -3.51. The molecule has 1 aromatic carbocycles. The summed E-state index contributed by atoms with van der Waals surface area (Å²) in [5.41, 5.74) is 1.13. The molecule has 0 spiro atoms. The van der Waals surface area contributed by atoms with Crippen molar-refractivity contribution >= 4 is 27.0 Å². The number of hydrogen-bond acceptors (Lipinski definition) is 6. The third-order valence-electron chi connectivity index (χ3n) is 4.53. The summed E-state index contributed by atoms with van der Waals surface area (Å²) in [5, 5.41) is 3.69. The monoisotopic (exact) mass is 389 g/mol. The van der Waals surface area contributed by atoms with Crippen molar-refractivity contribution in [3.8, 4) is 10.6 Å². The molecule has 136 valence electrons. The number of aryl methyl sites for hydroxylation is 1. The molecule has 26 heavy (non-hydrogen) atoms. The molecular formula is C18H19N3O3S2. The van der Waals surface area contributed by atoms with Crippen LogP contribution in [0.15, 0.2) is 58.1 Å². The molecule has 8 heteroatoms. The molecule has 0 saturated carbocycles. The number of thiophene rings is 1. The quantitative estimate of drug-likeness (QED) is 0.685. The van der Waals surface area contributed by atoms with Crippen LogP contribution in [-0.4, -0.2) is 44.1 Å². The number of para-hydroxylation sites is 1. The van der Waals surface area contributed by atoms with Gasteiger partial charge in [-0.25, -0.2) is 8.42 Å². The third-order valence-corrected chi connectivity index (χ3v) is 7.75. The Hall–Kier alpha value is -2.16. The summed E-state index contributed by atoms with van der Waals surface area (Å²) in [4.78, 5) is 4.12. The maximum absolute atomic E-state index is 13.1. The smallest absolute Gasteiger partial charge is 0.244 e. The van der Waals surface area contributed by atoms with Crippen LogP contribution in [0.2, 0.25) is 0 Å². The first kappa shape index (κ1) is 17.3. The maximum Gasteiger partial charge on any atom is 0.244 e. The van der Waals surface area contributed by atoms with E-state index < -0.39 is 10.0 Å². The molecule has 0 atom stereocenters. The summed E-state index contributed by atoms with van der Waals surface area (Å²) >= 11 is 1.41. The topological polar surface area (TPSA) is 66.7 Å². The second kappa shape index (κ2) is 6.86. The first-order chi connectivity index (χ1) is 12.6. The number of piperazine rings is 1. The van der Waals surface area contributed by atoms with E-state index in [1.165, 1.54) is 11.3 Å². The Labute approximate surface area is 156 Å². The van der Waals surface area contributed by atoms with Gasteiger partial charge in [0.25, 0.3) is 0 Å². The van der Waals surface area contributed by atoms with Gasteiger partial charge in [0, 0.05) is 42.8 Å². The Balaban J connectivity index is 1.53. The Morgan fingerprint density at radius 3 is 2.46 bits per heavy atom. The van der Waals surface area contributed by atoms with Crippen LogP contribution in [0.4, 0.5) is 5.69 Å². The molecule has 2 aromatic heterocycles. The van der Waals surface area contributed by atoms with Crippen molar-refractivity contribution in [3.63, 3.8) is 0 Å². The molecule has 1 aliphatic rings. The molecule has 0 aliphatic carbocycles. The van der Waals surface area contributed by atoms with E-state index in [2.05, 4.69) is 22.2 Å². The van der Waals surface area contributed by atoms with E-state index in [1.807, 2.05) is 25.1 Å². The molecule has 1 aliphatic heterocycles. The van der Waals surface area contributed by atoms with Gasteiger partial charge in [-0.1, -0.05) is 23.4 Å². The van der Waals surface area contributed by atoms with E-state index in [1.54, 1.807) is 22.6 Å². The molecule has 0 N–H and O–H groups in total. The average molecular weight is 390 g/mol. The average Bonchev–Trinajstić information content (AvgIpc) is 3.32. The summed E-state index contributed by atoms with van der Waals surface area (Å²) in [6.45, 7) is 4.15. The lowest BCUT2D eigenvalue weighted by Gasteiger charge is -2.35. The molecule has 0 radical (unpaired) electrons. The highest BCUT2D eigenvalue weighted by Crippen LogP contribution is 2.35. The number of hydrogen-bond donors (Lipinski definition) is 0. The van der Waals surface area contributed by atoms with E-state index in [4.69, 9.17) is 4.52 Å². The Bertz CT molecular complexity index is 974. The van der Waals surface area contributed by atoms with Gasteiger partial charge in [-0.05, 0) is 25.1 Å². The van der Waals surface area contributed by atoms with E-state index in [9.17, 15) is 8.42 Å². The molecule has 1 fully saturated rings. The number of nitrogens with zero attached hydrogens (tertiary/aromatic N) is 3. The molecule has 3 aromatic rings. The summed E-state index contributed by atoms with van der Waals surface area (Å²) in [6, 6.07) is 13.5. The zero-order valence-corrected chi connectivity index (χ0v) is 16.0. The fraction of sp³-hybridized carbons (Fsp3) is 0.278. The molecule has 0 unspecified atom stereocenters. The number of benzene rings is 1. The van der Waals surface area contributed by atoms with Gasteiger partial charge in [-0.2, -0.15) is 4.31 Å². The fourth-order valence-corrected chi connectivity index (χ4v) is 6.09. The van der Waals surface area contributed by atoms with Gasteiger partial charge in [-0.15, -0.1) is 11.3 Å². The van der Waals surface area contributed by atoms with Gasteiger partial charge in [0.1, 0.15) is 0 Å². The Morgan fingerprint density at radius 1 is 1.08 bits per heavy atom. The van der Waals surface area contributed by atoms with Crippen molar-refractivity contribution in [2.75, 3.05) is 31.1 Å². The SMILES string of the molecule is Cc1sc(-c2ccno2)cc1S(=O)(=O)N1CCN(c2ccccc2)CC1. The highest BCUT2D eigenvalue weighted by molar-refractivity contribution is 7.89. The largest absolute Gasteiger partial charge is 0.369 e. The Kier molecular flexibility index (Phi) is 4.56. The van der Waals surface area contributed by atoms with Gasteiger partial charge < -0.3 is 9.42 Å². The second-order valence-electron chi connectivity index (χ2n) is 6.13. The molecular weight excluding hydrogens is 370 g/mol.